The molecule has 4 heteroatoms. The van der Waals surface area contributed by atoms with Crippen LogP contribution in [0.4, 0.5) is 0 Å². The lowest BCUT2D eigenvalue weighted by atomic mass is 10.1. The van der Waals surface area contributed by atoms with Gasteiger partial charge in [0.1, 0.15) is 5.75 Å². The summed E-state index contributed by atoms with van der Waals surface area (Å²) in [4.78, 5) is 14.7. The number of hydrogen-bond donors (Lipinski definition) is 2. The number of aryl methyl sites for hydroxylation is 1. The van der Waals surface area contributed by atoms with Crippen molar-refractivity contribution in [2.24, 2.45) is 0 Å². The largest absolute Gasteiger partial charge is 0.496 e. The van der Waals surface area contributed by atoms with Crippen molar-refractivity contribution < 1.29 is 9.53 Å². The number of rotatable bonds is 5. The van der Waals surface area contributed by atoms with Crippen molar-refractivity contribution in [1.29, 1.82) is 0 Å². The lowest BCUT2D eigenvalue weighted by Gasteiger charge is -2.05. The van der Waals surface area contributed by atoms with Crippen LogP contribution in [0.5, 0.6) is 5.75 Å². The Balaban J connectivity index is 1.98. The molecule has 1 aromatic carbocycles. The van der Waals surface area contributed by atoms with Crippen LogP contribution in [0.2, 0.25) is 0 Å². The molecule has 0 unspecified atom stereocenters. The first-order valence-electron chi connectivity index (χ1n) is 6.41. The molecule has 0 saturated heterocycles. The van der Waals surface area contributed by atoms with Crippen LogP contribution < -0.4 is 10.1 Å². The number of hydrogen-bond acceptors (Lipinski definition) is 2. The van der Waals surface area contributed by atoms with Gasteiger partial charge in [-0.3, -0.25) is 4.79 Å². The number of H-pyrrole nitrogens is 1. The van der Waals surface area contributed by atoms with Crippen LogP contribution in [0.15, 0.2) is 42.7 Å². The predicted molar refractivity (Wildman–Crippen MR) is 79.4 cm³/mol. The molecule has 2 rings (SSSR count). The Labute approximate surface area is 118 Å². The number of methoxy groups -OCH3 is 1. The van der Waals surface area contributed by atoms with E-state index in [0.29, 0.717) is 6.54 Å². The van der Waals surface area contributed by atoms with Gasteiger partial charge in [-0.1, -0.05) is 11.6 Å². The Bertz CT molecular complexity index is 601. The second kappa shape index (κ2) is 6.61. The molecule has 0 aliphatic heterocycles. The average molecular weight is 270 g/mol. The van der Waals surface area contributed by atoms with Gasteiger partial charge in [0.15, 0.2) is 0 Å². The Kier molecular flexibility index (Phi) is 4.60. The van der Waals surface area contributed by atoms with Crippen molar-refractivity contribution in [2.45, 2.75) is 13.5 Å². The zero-order valence-corrected chi connectivity index (χ0v) is 11.6. The van der Waals surface area contributed by atoms with Crippen molar-refractivity contribution in [3.63, 3.8) is 0 Å². The van der Waals surface area contributed by atoms with Crippen molar-refractivity contribution in [1.82, 2.24) is 10.3 Å². The lowest BCUT2D eigenvalue weighted by Crippen LogP contribution is -2.19. The number of amides is 1. The van der Waals surface area contributed by atoms with Gasteiger partial charge in [-0.2, -0.15) is 0 Å². The third-order valence-electron chi connectivity index (χ3n) is 2.93. The first-order valence-corrected chi connectivity index (χ1v) is 6.41. The van der Waals surface area contributed by atoms with Crippen LogP contribution >= 0.6 is 0 Å². The van der Waals surface area contributed by atoms with Crippen molar-refractivity contribution >= 4 is 12.0 Å². The number of nitrogens with one attached hydrogen (secondary N) is 2. The van der Waals surface area contributed by atoms with Gasteiger partial charge in [-0.15, -0.1) is 0 Å². The second-order valence-corrected chi connectivity index (χ2v) is 4.52. The summed E-state index contributed by atoms with van der Waals surface area (Å²) in [5.74, 6) is 0.625. The zero-order chi connectivity index (χ0) is 14.4. The molecule has 0 bridgehead atoms. The third kappa shape index (κ3) is 3.75. The molecule has 0 radical (unpaired) electrons. The van der Waals surface area contributed by atoms with Crippen LogP contribution in [0.1, 0.15) is 16.7 Å². The van der Waals surface area contributed by atoms with E-state index in [-0.39, 0.29) is 5.91 Å². The van der Waals surface area contributed by atoms with Gasteiger partial charge in [-0.05, 0) is 36.8 Å². The van der Waals surface area contributed by atoms with Crippen LogP contribution in [0, 0.1) is 6.92 Å². The van der Waals surface area contributed by atoms with E-state index in [9.17, 15) is 4.79 Å². The van der Waals surface area contributed by atoms with E-state index in [0.717, 1.165) is 22.4 Å². The Morgan fingerprint density at radius 2 is 2.25 bits per heavy atom. The van der Waals surface area contributed by atoms with E-state index >= 15 is 0 Å². The Morgan fingerprint density at radius 1 is 1.40 bits per heavy atom. The third-order valence-corrected chi connectivity index (χ3v) is 2.93. The highest BCUT2D eigenvalue weighted by Crippen LogP contribution is 2.20. The molecule has 0 spiro atoms. The molecular weight excluding hydrogens is 252 g/mol. The summed E-state index contributed by atoms with van der Waals surface area (Å²) in [7, 11) is 1.62. The number of carbonyl (C=O) groups is 1. The quantitative estimate of drug-likeness (QED) is 0.821. The molecule has 0 aliphatic carbocycles. The van der Waals surface area contributed by atoms with Crippen molar-refractivity contribution in [3.8, 4) is 5.75 Å². The van der Waals surface area contributed by atoms with E-state index in [1.165, 1.54) is 6.08 Å². The molecule has 0 saturated carbocycles. The minimum atomic E-state index is -0.130. The van der Waals surface area contributed by atoms with Crippen LogP contribution in [0.25, 0.3) is 6.08 Å². The van der Waals surface area contributed by atoms with Gasteiger partial charge in [0.25, 0.3) is 0 Å². The summed E-state index contributed by atoms with van der Waals surface area (Å²) in [6, 6.07) is 7.78. The number of aromatic amines is 1. The maximum atomic E-state index is 11.7. The maximum Gasteiger partial charge on any atom is 0.244 e. The summed E-state index contributed by atoms with van der Waals surface area (Å²) in [5.41, 5.74) is 3.06. The lowest BCUT2D eigenvalue weighted by molar-refractivity contribution is -0.116. The highest BCUT2D eigenvalue weighted by atomic mass is 16.5. The minimum Gasteiger partial charge on any atom is -0.496 e. The first kappa shape index (κ1) is 13.9. The number of carbonyl (C=O) groups excluding carboxylic acids is 1. The molecule has 4 nitrogen and oxygen atoms in total. The summed E-state index contributed by atoms with van der Waals surface area (Å²) in [5, 5.41) is 2.82. The molecule has 2 aromatic rings. The molecule has 1 heterocycles. The fourth-order valence-electron chi connectivity index (χ4n) is 1.87. The molecule has 0 atom stereocenters. The Morgan fingerprint density at radius 3 is 2.95 bits per heavy atom. The monoisotopic (exact) mass is 270 g/mol. The van der Waals surface area contributed by atoms with Gasteiger partial charge in [0.05, 0.1) is 7.11 Å². The molecule has 2 N–H and O–H groups in total. The fraction of sp³-hybridized carbons (Fsp3) is 0.188. The number of benzene rings is 1. The Hall–Kier alpha value is -2.49. The molecule has 1 amide bonds. The van der Waals surface area contributed by atoms with Crippen molar-refractivity contribution in [2.75, 3.05) is 7.11 Å². The van der Waals surface area contributed by atoms with Gasteiger partial charge < -0.3 is 15.0 Å². The van der Waals surface area contributed by atoms with E-state index in [2.05, 4.69) is 10.3 Å². The second-order valence-electron chi connectivity index (χ2n) is 4.52. The van der Waals surface area contributed by atoms with E-state index in [4.69, 9.17) is 4.74 Å². The zero-order valence-electron chi connectivity index (χ0n) is 11.6. The van der Waals surface area contributed by atoms with Gasteiger partial charge in [-0.25, -0.2) is 0 Å². The standard InChI is InChI=1S/C16H18N2O2/c1-12-3-5-15(20-2)14(9-12)4-6-16(19)18-11-13-7-8-17-10-13/h3-10,17H,11H2,1-2H3,(H,18,19)/b6-4+. The summed E-state index contributed by atoms with van der Waals surface area (Å²) < 4.78 is 5.26. The number of aromatic nitrogens is 1. The highest BCUT2D eigenvalue weighted by Gasteiger charge is 2.01. The van der Waals surface area contributed by atoms with Gasteiger partial charge in [0, 0.05) is 30.6 Å². The van der Waals surface area contributed by atoms with Crippen LogP contribution in [-0.4, -0.2) is 18.0 Å². The highest BCUT2D eigenvalue weighted by molar-refractivity contribution is 5.92. The van der Waals surface area contributed by atoms with Gasteiger partial charge in [0.2, 0.25) is 5.91 Å². The van der Waals surface area contributed by atoms with Crippen molar-refractivity contribution in [3.05, 3.63) is 59.4 Å². The smallest absolute Gasteiger partial charge is 0.244 e. The molecule has 0 aliphatic rings. The number of ether oxygens (including phenoxy) is 1. The predicted octanol–water partition coefficient (Wildman–Crippen LogP) is 2.66. The van der Waals surface area contributed by atoms with Gasteiger partial charge >= 0.3 is 0 Å². The van der Waals surface area contributed by atoms with E-state index < -0.39 is 0 Å². The SMILES string of the molecule is COc1ccc(C)cc1/C=C/C(=O)NCc1cc[nH]c1. The molecular formula is C16H18N2O2. The first-order chi connectivity index (χ1) is 9.69. The summed E-state index contributed by atoms with van der Waals surface area (Å²) in [6.45, 7) is 2.51. The fourth-order valence-corrected chi connectivity index (χ4v) is 1.87. The minimum absolute atomic E-state index is 0.130. The van der Waals surface area contributed by atoms with Crippen LogP contribution in [0.3, 0.4) is 0 Å². The normalized spacial score (nSPS) is 10.7. The molecule has 104 valence electrons. The van der Waals surface area contributed by atoms with Crippen LogP contribution in [-0.2, 0) is 11.3 Å². The topological polar surface area (TPSA) is 54.1 Å². The summed E-state index contributed by atoms with van der Waals surface area (Å²) in [6.07, 6.45) is 6.96. The summed E-state index contributed by atoms with van der Waals surface area (Å²) >= 11 is 0. The molecule has 1 aromatic heterocycles. The van der Waals surface area contributed by atoms with E-state index in [1.54, 1.807) is 13.2 Å². The molecule has 20 heavy (non-hydrogen) atoms. The average Bonchev–Trinajstić information content (AvgIpc) is 2.96. The maximum absolute atomic E-state index is 11.7. The molecule has 0 fully saturated rings. The van der Waals surface area contributed by atoms with E-state index in [1.807, 2.05) is 43.6 Å².